The van der Waals surface area contributed by atoms with E-state index < -0.39 is 0 Å². The molecule has 3 heterocycles. The fraction of sp³-hybridized carbons (Fsp3) is 0.500. The Labute approximate surface area is 118 Å². The summed E-state index contributed by atoms with van der Waals surface area (Å²) in [6.07, 6.45) is 3.48. The molecule has 0 spiro atoms. The van der Waals surface area contributed by atoms with Crippen molar-refractivity contribution >= 4 is 0 Å². The number of aryl methyl sites for hydroxylation is 2. The summed E-state index contributed by atoms with van der Waals surface area (Å²) in [5, 5.41) is 0. The minimum atomic E-state index is -0.0529. The first-order chi connectivity index (χ1) is 9.72. The minimum Gasteiger partial charge on any atom is -0.368 e. The lowest BCUT2D eigenvalue weighted by atomic mass is 10.2. The lowest BCUT2D eigenvalue weighted by Gasteiger charge is -2.31. The number of morpholine rings is 1. The highest BCUT2D eigenvalue weighted by Crippen LogP contribution is 2.20. The zero-order valence-electron chi connectivity index (χ0n) is 11.8. The molecule has 1 atom stereocenters. The molecule has 1 N–H and O–H groups in total. The number of H-pyrrole nitrogens is 1. The number of hydrogen-bond acceptors (Lipinski definition) is 5. The number of imidazole rings is 1. The maximum absolute atomic E-state index is 5.80. The van der Waals surface area contributed by atoms with Crippen LogP contribution in [-0.4, -0.2) is 44.5 Å². The molecule has 3 rings (SSSR count). The van der Waals surface area contributed by atoms with Crippen LogP contribution >= 0.6 is 0 Å². The Balaban J connectivity index is 1.69. The second-order valence-corrected chi connectivity index (χ2v) is 5.12. The lowest BCUT2D eigenvalue weighted by molar-refractivity contribution is -0.0376. The summed E-state index contributed by atoms with van der Waals surface area (Å²) in [6, 6.07) is 1.90. The van der Waals surface area contributed by atoms with E-state index in [0.717, 1.165) is 42.5 Å². The number of hydrogen-bond donors (Lipinski definition) is 1. The summed E-state index contributed by atoms with van der Waals surface area (Å²) in [7, 11) is 0. The number of aromatic nitrogens is 4. The molecular weight excluding hydrogens is 254 g/mol. The maximum atomic E-state index is 5.80. The summed E-state index contributed by atoms with van der Waals surface area (Å²) < 4.78 is 5.80. The SMILES string of the molecule is Cc1ccnc([C@@H]2CN(Cc3nc[nH]c3C)CCO2)n1. The molecule has 0 saturated carbocycles. The van der Waals surface area contributed by atoms with Crippen molar-refractivity contribution < 1.29 is 4.74 Å². The standard InChI is InChI=1S/C14H19N5O/c1-10-3-4-15-14(18-10)13-8-19(5-6-20-13)7-12-11(2)16-9-17-12/h3-4,9,13H,5-8H2,1-2H3,(H,16,17)/t13-/m0/s1. The third kappa shape index (κ3) is 2.86. The average molecular weight is 273 g/mol. The van der Waals surface area contributed by atoms with Crippen LogP contribution in [-0.2, 0) is 11.3 Å². The van der Waals surface area contributed by atoms with Gasteiger partial charge in [-0.25, -0.2) is 15.0 Å². The van der Waals surface area contributed by atoms with Gasteiger partial charge in [-0.1, -0.05) is 0 Å². The van der Waals surface area contributed by atoms with Gasteiger partial charge in [0.05, 0.1) is 18.6 Å². The number of nitrogens with zero attached hydrogens (tertiary/aromatic N) is 4. The summed E-state index contributed by atoms with van der Waals surface area (Å²) in [5.74, 6) is 0.772. The molecule has 6 nitrogen and oxygen atoms in total. The normalized spacial score (nSPS) is 20.2. The highest BCUT2D eigenvalue weighted by molar-refractivity contribution is 5.09. The van der Waals surface area contributed by atoms with Crippen LogP contribution in [0.25, 0.3) is 0 Å². The quantitative estimate of drug-likeness (QED) is 0.915. The van der Waals surface area contributed by atoms with E-state index in [1.807, 2.05) is 19.9 Å². The van der Waals surface area contributed by atoms with E-state index in [1.165, 1.54) is 0 Å². The number of nitrogens with one attached hydrogen (secondary N) is 1. The van der Waals surface area contributed by atoms with Crippen LogP contribution in [0, 0.1) is 13.8 Å². The van der Waals surface area contributed by atoms with Gasteiger partial charge in [-0.15, -0.1) is 0 Å². The van der Waals surface area contributed by atoms with Gasteiger partial charge in [-0.2, -0.15) is 0 Å². The van der Waals surface area contributed by atoms with Gasteiger partial charge in [0.25, 0.3) is 0 Å². The number of aromatic amines is 1. The Morgan fingerprint density at radius 3 is 3.05 bits per heavy atom. The molecule has 2 aromatic heterocycles. The zero-order valence-corrected chi connectivity index (χ0v) is 11.8. The molecule has 0 bridgehead atoms. The molecule has 1 aliphatic heterocycles. The highest BCUT2D eigenvalue weighted by Gasteiger charge is 2.24. The van der Waals surface area contributed by atoms with Crippen molar-refractivity contribution in [1.29, 1.82) is 0 Å². The molecule has 1 aliphatic rings. The molecule has 0 aromatic carbocycles. The second-order valence-electron chi connectivity index (χ2n) is 5.12. The van der Waals surface area contributed by atoms with Crippen molar-refractivity contribution in [2.75, 3.05) is 19.7 Å². The largest absolute Gasteiger partial charge is 0.368 e. The molecule has 2 aromatic rings. The van der Waals surface area contributed by atoms with Crippen LogP contribution in [0.2, 0.25) is 0 Å². The van der Waals surface area contributed by atoms with Gasteiger partial charge in [0.2, 0.25) is 0 Å². The fourth-order valence-electron chi connectivity index (χ4n) is 2.38. The summed E-state index contributed by atoms with van der Waals surface area (Å²) in [5.41, 5.74) is 3.19. The van der Waals surface area contributed by atoms with Crippen LogP contribution in [0.3, 0.4) is 0 Å². The van der Waals surface area contributed by atoms with Gasteiger partial charge in [0.1, 0.15) is 6.10 Å². The molecule has 0 radical (unpaired) electrons. The Kier molecular flexibility index (Phi) is 3.75. The molecule has 0 unspecified atom stereocenters. The molecule has 1 fully saturated rings. The maximum Gasteiger partial charge on any atom is 0.158 e. The fourth-order valence-corrected chi connectivity index (χ4v) is 2.38. The van der Waals surface area contributed by atoms with Gasteiger partial charge in [-0.05, 0) is 19.9 Å². The smallest absolute Gasteiger partial charge is 0.158 e. The van der Waals surface area contributed by atoms with E-state index in [-0.39, 0.29) is 6.10 Å². The van der Waals surface area contributed by atoms with Crippen molar-refractivity contribution in [1.82, 2.24) is 24.8 Å². The van der Waals surface area contributed by atoms with Crippen molar-refractivity contribution in [3.63, 3.8) is 0 Å². The molecule has 1 saturated heterocycles. The summed E-state index contributed by atoms with van der Waals surface area (Å²) >= 11 is 0. The first-order valence-electron chi connectivity index (χ1n) is 6.85. The summed E-state index contributed by atoms with van der Waals surface area (Å²) in [6.45, 7) is 7.26. The van der Waals surface area contributed by atoms with E-state index in [1.54, 1.807) is 12.5 Å². The first-order valence-corrected chi connectivity index (χ1v) is 6.85. The number of rotatable bonds is 3. The third-order valence-electron chi connectivity index (χ3n) is 3.56. The van der Waals surface area contributed by atoms with Crippen molar-refractivity contribution in [3.05, 3.63) is 41.5 Å². The topological polar surface area (TPSA) is 66.9 Å². The Morgan fingerprint density at radius 2 is 2.30 bits per heavy atom. The van der Waals surface area contributed by atoms with E-state index in [4.69, 9.17) is 4.74 Å². The number of ether oxygens (including phenoxy) is 1. The first kappa shape index (κ1) is 13.2. The summed E-state index contributed by atoms with van der Waals surface area (Å²) in [4.78, 5) is 18.6. The van der Waals surface area contributed by atoms with Gasteiger partial charge in [-0.3, -0.25) is 4.90 Å². The van der Waals surface area contributed by atoms with Crippen molar-refractivity contribution in [3.8, 4) is 0 Å². The van der Waals surface area contributed by atoms with E-state index in [2.05, 4.69) is 24.8 Å². The Hall–Kier alpha value is -1.79. The average Bonchev–Trinajstić information content (AvgIpc) is 2.85. The van der Waals surface area contributed by atoms with Crippen LogP contribution < -0.4 is 0 Å². The zero-order chi connectivity index (χ0) is 13.9. The van der Waals surface area contributed by atoms with Crippen LogP contribution in [0.5, 0.6) is 0 Å². The van der Waals surface area contributed by atoms with Gasteiger partial charge in [0, 0.05) is 37.2 Å². The van der Waals surface area contributed by atoms with E-state index in [9.17, 15) is 0 Å². The molecule has 0 amide bonds. The highest BCUT2D eigenvalue weighted by atomic mass is 16.5. The van der Waals surface area contributed by atoms with Crippen LogP contribution in [0.1, 0.15) is 29.0 Å². The molecule has 0 aliphatic carbocycles. The Bertz CT molecular complexity index is 582. The van der Waals surface area contributed by atoms with Crippen LogP contribution in [0.4, 0.5) is 0 Å². The second kappa shape index (κ2) is 5.68. The third-order valence-corrected chi connectivity index (χ3v) is 3.56. The predicted molar refractivity (Wildman–Crippen MR) is 74.1 cm³/mol. The molecule has 106 valence electrons. The van der Waals surface area contributed by atoms with Crippen molar-refractivity contribution in [2.45, 2.75) is 26.5 Å². The van der Waals surface area contributed by atoms with Crippen LogP contribution in [0.15, 0.2) is 18.6 Å². The Morgan fingerprint density at radius 1 is 1.40 bits per heavy atom. The van der Waals surface area contributed by atoms with Gasteiger partial charge < -0.3 is 9.72 Å². The molecular formula is C14H19N5O. The van der Waals surface area contributed by atoms with Gasteiger partial charge in [0.15, 0.2) is 5.82 Å². The van der Waals surface area contributed by atoms with E-state index >= 15 is 0 Å². The predicted octanol–water partition coefficient (Wildman–Crippen LogP) is 1.39. The van der Waals surface area contributed by atoms with E-state index in [0.29, 0.717) is 6.61 Å². The minimum absolute atomic E-state index is 0.0529. The molecule has 6 heteroatoms. The van der Waals surface area contributed by atoms with Crippen molar-refractivity contribution in [2.24, 2.45) is 0 Å². The molecule has 20 heavy (non-hydrogen) atoms. The lowest BCUT2D eigenvalue weighted by Crippen LogP contribution is -2.38. The monoisotopic (exact) mass is 273 g/mol. The van der Waals surface area contributed by atoms with Gasteiger partial charge >= 0.3 is 0 Å².